The topological polar surface area (TPSA) is 97.4 Å². The van der Waals surface area contributed by atoms with E-state index in [0.717, 1.165) is 39.3 Å². The lowest BCUT2D eigenvalue weighted by Crippen LogP contribution is -2.36. The van der Waals surface area contributed by atoms with Crippen molar-refractivity contribution < 1.29 is 19.1 Å². The first kappa shape index (κ1) is 30.2. The van der Waals surface area contributed by atoms with Gasteiger partial charge in [-0.25, -0.2) is 9.78 Å². The van der Waals surface area contributed by atoms with Crippen molar-refractivity contribution in [3.05, 3.63) is 92.8 Å². The Morgan fingerprint density at radius 2 is 1.79 bits per heavy atom. The number of hydrogen-bond donors (Lipinski definition) is 2. The zero-order valence-corrected chi connectivity index (χ0v) is 26.1. The number of nitrogens with one attached hydrogen (secondary N) is 2. The first-order chi connectivity index (χ1) is 20.5. The van der Waals surface area contributed by atoms with E-state index in [-0.39, 0.29) is 23.8 Å². The summed E-state index contributed by atoms with van der Waals surface area (Å²) in [6.45, 7) is 9.82. The SMILES string of the molecule is Cc1cccc(NC(=O)CNC(=O)COC(=O)c2c3c(nc4ccccc24)/C(=C\c2cccs2)C[C@H](C(C)(C)C)C3)c1C. The average Bonchev–Trinajstić information content (AvgIpc) is 3.48. The third-order valence-corrected chi connectivity index (χ3v) is 8.98. The summed E-state index contributed by atoms with van der Waals surface area (Å²) in [4.78, 5) is 45.0. The van der Waals surface area contributed by atoms with Crippen LogP contribution in [-0.4, -0.2) is 35.9 Å². The van der Waals surface area contributed by atoms with E-state index in [4.69, 9.17) is 9.72 Å². The van der Waals surface area contributed by atoms with Gasteiger partial charge in [0, 0.05) is 16.0 Å². The van der Waals surface area contributed by atoms with Gasteiger partial charge in [-0.3, -0.25) is 9.59 Å². The van der Waals surface area contributed by atoms with Crippen molar-refractivity contribution in [3.8, 4) is 0 Å². The molecule has 1 aliphatic rings. The third kappa shape index (κ3) is 6.86. The second-order valence-electron chi connectivity index (χ2n) is 12.1. The highest BCUT2D eigenvalue weighted by molar-refractivity contribution is 7.10. The second-order valence-corrected chi connectivity index (χ2v) is 13.1. The molecule has 1 atom stereocenters. The molecule has 2 heterocycles. The number of rotatable bonds is 7. The van der Waals surface area contributed by atoms with Gasteiger partial charge in [0.1, 0.15) is 0 Å². The molecule has 2 N–H and O–H groups in total. The minimum atomic E-state index is -0.574. The van der Waals surface area contributed by atoms with Gasteiger partial charge in [0.25, 0.3) is 5.91 Å². The van der Waals surface area contributed by atoms with Gasteiger partial charge in [-0.1, -0.05) is 57.2 Å². The third-order valence-electron chi connectivity index (χ3n) is 8.16. The molecule has 0 saturated heterocycles. The summed E-state index contributed by atoms with van der Waals surface area (Å²) in [5, 5.41) is 8.11. The summed E-state index contributed by atoms with van der Waals surface area (Å²) in [5.41, 5.74) is 6.62. The van der Waals surface area contributed by atoms with Crippen LogP contribution in [0, 0.1) is 25.2 Å². The number of esters is 1. The van der Waals surface area contributed by atoms with E-state index in [1.165, 1.54) is 0 Å². The number of carbonyl (C=O) groups is 3. The number of hydrogen-bond acceptors (Lipinski definition) is 6. The summed E-state index contributed by atoms with van der Waals surface area (Å²) in [7, 11) is 0. The number of amides is 2. The Morgan fingerprint density at radius 1 is 1.00 bits per heavy atom. The predicted molar refractivity (Wildman–Crippen MR) is 173 cm³/mol. The Kier molecular flexibility index (Phi) is 8.78. The minimum Gasteiger partial charge on any atom is -0.452 e. The van der Waals surface area contributed by atoms with Crippen molar-refractivity contribution >= 4 is 57.4 Å². The van der Waals surface area contributed by atoms with Gasteiger partial charge in [-0.15, -0.1) is 11.3 Å². The second kappa shape index (κ2) is 12.5. The van der Waals surface area contributed by atoms with Crippen molar-refractivity contribution in [2.45, 2.75) is 47.5 Å². The molecule has 222 valence electrons. The standard InChI is InChI=1S/C35H37N3O4S/c1-21-10-8-14-28(22(21)2)37-30(39)19-36-31(40)20-42-34(41)32-26-12-6-7-13-29(26)38-33-23(17-25-11-9-15-43-25)16-24(18-27(32)33)35(3,4)5/h6-15,17,24H,16,18-20H2,1-5H3,(H,36,40)(H,37,39)/b23-17-/t24-/m0/s1. The molecule has 0 saturated carbocycles. The number of nitrogens with zero attached hydrogens (tertiary/aromatic N) is 1. The molecule has 0 radical (unpaired) electrons. The van der Waals surface area contributed by atoms with Gasteiger partial charge in [-0.05, 0) is 89.9 Å². The molecule has 4 aromatic rings. The molecule has 5 rings (SSSR count). The Bertz CT molecular complexity index is 1720. The van der Waals surface area contributed by atoms with E-state index in [2.05, 4.69) is 43.5 Å². The number of aryl methyl sites for hydroxylation is 1. The zero-order valence-electron chi connectivity index (χ0n) is 25.2. The zero-order chi connectivity index (χ0) is 30.7. The number of para-hydroxylation sites is 1. The van der Waals surface area contributed by atoms with Crippen LogP contribution in [0.5, 0.6) is 0 Å². The summed E-state index contributed by atoms with van der Waals surface area (Å²) < 4.78 is 5.58. The molecule has 0 unspecified atom stereocenters. The van der Waals surface area contributed by atoms with Crippen LogP contribution in [0.4, 0.5) is 5.69 Å². The highest BCUT2D eigenvalue weighted by atomic mass is 32.1. The summed E-state index contributed by atoms with van der Waals surface area (Å²) in [6.07, 6.45) is 3.70. The molecule has 0 spiro atoms. The molecule has 0 bridgehead atoms. The molecule has 2 aromatic carbocycles. The molecule has 8 heteroatoms. The van der Waals surface area contributed by atoms with Crippen molar-refractivity contribution in [1.29, 1.82) is 0 Å². The van der Waals surface area contributed by atoms with E-state index >= 15 is 0 Å². The molecular weight excluding hydrogens is 558 g/mol. The van der Waals surface area contributed by atoms with E-state index < -0.39 is 18.5 Å². The fourth-order valence-electron chi connectivity index (χ4n) is 5.43. The molecule has 2 amide bonds. The molecule has 0 fully saturated rings. The summed E-state index contributed by atoms with van der Waals surface area (Å²) in [6, 6.07) is 17.3. The van der Waals surface area contributed by atoms with Crippen molar-refractivity contribution in [3.63, 3.8) is 0 Å². The average molecular weight is 596 g/mol. The monoisotopic (exact) mass is 595 g/mol. The highest BCUT2D eigenvalue weighted by Gasteiger charge is 2.35. The van der Waals surface area contributed by atoms with Crippen LogP contribution in [0.2, 0.25) is 0 Å². The Labute approximate surface area is 256 Å². The summed E-state index contributed by atoms with van der Waals surface area (Å²) >= 11 is 1.66. The molecular formula is C35H37N3O4S. The summed E-state index contributed by atoms with van der Waals surface area (Å²) in [5.74, 6) is -1.21. The smallest absolute Gasteiger partial charge is 0.339 e. The molecule has 0 aliphatic heterocycles. The van der Waals surface area contributed by atoms with Gasteiger partial charge in [-0.2, -0.15) is 0 Å². The number of pyridine rings is 1. The number of anilines is 1. The lowest BCUT2D eigenvalue weighted by molar-refractivity contribution is -0.126. The lowest BCUT2D eigenvalue weighted by Gasteiger charge is -2.36. The number of thiophene rings is 1. The van der Waals surface area contributed by atoms with Gasteiger partial charge in [0.05, 0.1) is 23.3 Å². The van der Waals surface area contributed by atoms with Crippen molar-refractivity contribution in [2.24, 2.45) is 11.3 Å². The number of allylic oxidation sites excluding steroid dienone is 1. The van der Waals surface area contributed by atoms with Crippen LogP contribution >= 0.6 is 11.3 Å². The molecule has 1 aliphatic carbocycles. The number of fused-ring (bicyclic) bond motifs is 2. The maximum Gasteiger partial charge on any atom is 0.339 e. The minimum absolute atomic E-state index is 0.00348. The predicted octanol–water partition coefficient (Wildman–Crippen LogP) is 6.97. The Morgan fingerprint density at radius 3 is 2.53 bits per heavy atom. The number of carbonyl (C=O) groups excluding carboxylic acids is 3. The number of aromatic nitrogens is 1. The normalized spacial score (nSPS) is 15.7. The largest absolute Gasteiger partial charge is 0.452 e. The van der Waals surface area contributed by atoms with Crippen LogP contribution < -0.4 is 10.6 Å². The Hall–Kier alpha value is -4.30. The number of ether oxygens (including phenoxy) is 1. The van der Waals surface area contributed by atoms with Gasteiger partial charge in [0.2, 0.25) is 5.91 Å². The maximum absolute atomic E-state index is 13.7. The van der Waals surface area contributed by atoms with Crippen molar-refractivity contribution in [1.82, 2.24) is 10.3 Å². The number of benzene rings is 2. The Balaban J connectivity index is 1.37. The van der Waals surface area contributed by atoms with Gasteiger partial charge < -0.3 is 15.4 Å². The van der Waals surface area contributed by atoms with Crippen LogP contribution in [0.3, 0.4) is 0 Å². The van der Waals surface area contributed by atoms with E-state index in [1.54, 1.807) is 11.3 Å². The highest BCUT2D eigenvalue weighted by Crippen LogP contribution is 2.45. The van der Waals surface area contributed by atoms with Crippen LogP contribution in [0.25, 0.3) is 22.6 Å². The first-order valence-electron chi connectivity index (χ1n) is 14.5. The van der Waals surface area contributed by atoms with E-state index in [0.29, 0.717) is 28.6 Å². The van der Waals surface area contributed by atoms with Crippen molar-refractivity contribution in [2.75, 3.05) is 18.5 Å². The maximum atomic E-state index is 13.7. The van der Waals surface area contributed by atoms with Crippen LogP contribution in [0.1, 0.15) is 64.8 Å². The molecule has 7 nitrogen and oxygen atoms in total. The molecule has 43 heavy (non-hydrogen) atoms. The van der Waals surface area contributed by atoms with E-state index in [1.807, 2.05) is 67.8 Å². The quantitative estimate of drug-likeness (QED) is 0.225. The van der Waals surface area contributed by atoms with Crippen LogP contribution in [0.15, 0.2) is 60.0 Å². The van der Waals surface area contributed by atoms with E-state index in [9.17, 15) is 14.4 Å². The van der Waals surface area contributed by atoms with Gasteiger partial charge >= 0.3 is 5.97 Å². The fraction of sp³-hybridized carbons (Fsp3) is 0.314. The first-order valence-corrected chi connectivity index (χ1v) is 15.3. The fourth-order valence-corrected chi connectivity index (χ4v) is 6.11. The molecule has 2 aromatic heterocycles. The van der Waals surface area contributed by atoms with Crippen LogP contribution in [-0.2, 0) is 20.7 Å². The lowest BCUT2D eigenvalue weighted by atomic mass is 9.69. The van der Waals surface area contributed by atoms with Gasteiger partial charge in [0.15, 0.2) is 6.61 Å².